The van der Waals surface area contributed by atoms with Gasteiger partial charge in [-0.3, -0.25) is 19.1 Å². The maximum atomic E-state index is 12.6. The lowest BCUT2D eigenvalue weighted by molar-refractivity contribution is -0.139. The van der Waals surface area contributed by atoms with Gasteiger partial charge in [-0.05, 0) is 32.7 Å². The number of aromatic amines is 1. The third kappa shape index (κ3) is 3.16. The van der Waals surface area contributed by atoms with E-state index in [9.17, 15) is 19.5 Å². The van der Waals surface area contributed by atoms with E-state index in [1.165, 1.54) is 10.8 Å². The van der Waals surface area contributed by atoms with Crippen molar-refractivity contribution in [3.8, 4) is 0 Å². The van der Waals surface area contributed by atoms with E-state index in [-0.39, 0.29) is 17.9 Å². The molecule has 0 bridgehead atoms. The predicted octanol–water partition coefficient (Wildman–Crippen LogP) is -1.19. The fraction of sp³-hybridized carbons (Fsp3) is 0.688. The molecule has 0 saturated carbocycles. The van der Waals surface area contributed by atoms with Gasteiger partial charge < -0.3 is 15.3 Å². The molecule has 0 radical (unpaired) electrons. The number of carbonyl (C=O) groups is 1. The monoisotopic (exact) mass is 336 g/mol. The predicted molar refractivity (Wildman–Crippen MR) is 87.8 cm³/mol. The van der Waals surface area contributed by atoms with Crippen LogP contribution in [0.4, 0.5) is 0 Å². The lowest BCUT2D eigenvalue weighted by Gasteiger charge is -2.48. The Morgan fingerprint density at radius 3 is 3.00 bits per heavy atom. The number of aryl methyl sites for hydroxylation is 1. The Hall–Kier alpha value is -1.93. The summed E-state index contributed by atoms with van der Waals surface area (Å²) in [5, 5.41) is 13.7. The zero-order valence-electron chi connectivity index (χ0n) is 13.9. The summed E-state index contributed by atoms with van der Waals surface area (Å²) >= 11 is 0. The smallest absolute Gasteiger partial charge is 0.328 e. The molecule has 1 aromatic heterocycles. The second kappa shape index (κ2) is 6.52. The summed E-state index contributed by atoms with van der Waals surface area (Å²) in [6, 6.07) is 0. The first-order chi connectivity index (χ1) is 11.4. The van der Waals surface area contributed by atoms with Crippen molar-refractivity contribution in [2.24, 2.45) is 5.41 Å². The number of aliphatic hydroxyl groups excluding tert-OH is 1. The van der Waals surface area contributed by atoms with E-state index in [1.807, 2.05) is 0 Å². The van der Waals surface area contributed by atoms with Gasteiger partial charge in [-0.1, -0.05) is 0 Å². The Morgan fingerprint density at radius 1 is 1.46 bits per heavy atom. The van der Waals surface area contributed by atoms with Crippen molar-refractivity contribution in [1.82, 2.24) is 19.8 Å². The molecule has 1 spiro atoms. The van der Waals surface area contributed by atoms with Gasteiger partial charge in [0.05, 0.1) is 6.10 Å². The highest BCUT2D eigenvalue weighted by Gasteiger charge is 2.44. The molecule has 0 aromatic carbocycles. The van der Waals surface area contributed by atoms with E-state index < -0.39 is 17.4 Å². The molecular formula is C16H24N4O4. The Morgan fingerprint density at radius 2 is 2.25 bits per heavy atom. The van der Waals surface area contributed by atoms with Crippen molar-refractivity contribution in [3.63, 3.8) is 0 Å². The van der Waals surface area contributed by atoms with Crippen molar-refractivity contribution in [2.45, 2.75) is 38.8 Å². The van der Waals surface area contributed by atoms with Crippen LogP contribution in [0, 0.1) is 12.3 Å². The first-order valence-corrected chi connectivity index (χ1v) is 8.38. The molecule has 8 nitrogen and oxygen atoms in total. The lowest BCUT2D eigenvalue weighted by atomic mass is 9.72. The van der Waals surface area contributed by atoms with Crippen LogP contribution in [0.1, 0.15) is 24.8 Å². The zero-order chi connectivity index (χ0) is 17.3. The van der Waals surface area contributed by atoms with Gasteiger partial charge in [-0.2, -0.15) is 0 Å². The number of hydrogen-bond donors (Lipinski definition) is 3. The Bertz CT molecular complexity index is 736. The number of rotatable bonds is 2. The summed E-state index contributed by atoms with van der Waals surface area (Å²) in [4.78, 5) is 39.8. The largest absolute Gasteiger partial charge is 0.392 e. The number of H-pyrrole nitrogens is 1. The van der Waals surface area contributed by atoms with Gasteiger partial charge in [0.2, 0.25) is 5.91 Å². The molecular weight excluding hydrogens is 312 g/mol. The average Bonchev–Trinajstić information content (AvgIpc) is 2.56. The number of aliphatic hydroxyl groups is 1. The van der Waals surface area contributed by atoms with Gasteiger partial charge in [0, 0.05) is 36.8 Å². The molecule has 2 atom stereocenters. The van der Waals surface area contributed by atoms with Crippen LogP contribution in [0.2, 0.25) is 0 Å². The standard InChI is InChI=1S/C16H24N4O4/c1-11-7-20(15(24)18-14(11)23)8-13(22)19-6-2-4-16(10-19)9-17-5-3-12(16)21/h7,12,17,21H,2-6,8-10H2,1H3,(H,18,23,24)/t12-,16-/m0/s1. The van der Waals surface area contributed by atoms with E-state index in [4.69, 9.17) is 0 Å². The van der Waals surface area contributed by atoms with Crippen LogP contribution < -0.4 is 16.6 Å². The second-order valence-corrected chi connectivity index (χ2v) is 6.96. The van der Waals surface area contributed by atoms with Crippen LogP contribution in [0.15, 0.2) is 15.8 Å². The normalized spacial score (nSPS) is 27.4. The number of likely N-dealkylation sites (tertiary alicyclic amines) is 1. The third-order valence-corrected chi connectivity index (χ3v) is 5.23. The number of nitrogens with one attached hydrogen (secondary N) is 2. The van der Waals surface area contributed by atoms with Gasteiger partial charge in [0.1, 0.15) is 6.54 Å². The summed E-state index contributed by atoms with van der Waals surface area (Å²) in [6.07, 6.45) is 3.43. The molecule has 132 valence electrons. The first kappa shape index (κ1) is 16.9. The number of hydrogen-bond acceptors (Lipinski definition) is 5. The topological polar surface area (TPSA) is 107 Å². The number of amides is 1. The minimum Gasteiger partial charge on any atom is -0.392 e. The molecule has 0 aliphatic carbocycles. The first-order valence-electron chi connectivity index (χ1n) is 8.38. The van der Waals surface area contributed by atoms with Gasteiger partial charge in [-0.15, -0.1) is 0 Å². The SMILES string of the molecule is Cc1cn(CC(=O)N2CCC[C@]3(CNCC[C@@H]3O)C2)c(=O)[nH]c1=O. The minimum atomic E-state index is -0.579. The minimum absolute atomic E-state index is 0.101. The molecule has 3 heterocycles. The molecule has 2 aliphatic rings. The molecule has 0 unspecified atom stereocenters. The molecule has 2 saturated heterocycles. The quantitative estimate of drug-likeness (QED) is 0.629. The fourth-order valence-corrected chi connectivity index (χ4v) is 3.77. The maximum absolute atomic E-state index is 12.6. The molecule has 3 N–H and O–H groups in total. The number of carbonyl (C=O) groups excluding carboxylic acids is 1. The molecule has 1 amide bonds. The summed E-state index contributed by atoms with van der Waals surface area (Å²) in [5.41, 5.74) is -0.913. The van der Waals surface area contributed by atoms with Crippen LogP contribution in [-0.2, 0) is 11.3 Å². The number of piperidine rings is 2. The summed E-state index contributed by atoms with van der Waals surface area (Å²) in [5.74, 6) is -0.166. The van der Waals surface area contributed by atoms with Crippen LogP contribution >= 0.6 is 0 Å². The second-order valence-electron chi connectivity index (χ2n) is 6.96. The van der Waals surface area contributed by atoms with E-state index >= 15 is 0 Å². The average molecular weight is 336 g/mol. The fourth-order valence-electron chi connectivity index (χ4n) is 3.77. The van der Waals surface area contributed by atoms with Crippen molar-refractivity contribution >= 4 is 5.91 Å². The lowest BCUT2D eigenvalue weighted by Crippen LogP contribution is -2.59. The van der Waals surface area contributed by atoms with E-state index in [0.29, 0.717) is 31.6 Å². The number of nitrogens with zero attached hydrogens (tertiary/aromatic N) is 2. The Kier molecular flexibility index (Phi) is 4.60. The van der Waals surface area contributed by atoms with Crippen molar-refractivity contribution in [2.75, 3.05) is 26.2 Å². The van der Waals surface area contributed by atoms with Gasteiger partial charge in [-0.25, -0.2) is 4.79 Å². The Balaban J connectivity index is 1.74. The highest BCUT2D eigenvalue weighted by molar-refractivity contribution is 5.76. The van der Waals surface area contributed by atoms with Crippen LogP contribution in [-0.4, -0.2) is 57.7 Å². The highest BCUT2D eigenvalue weighted by Crippen LogP contribution is 2.36. The van der Waals surface area contributed by atoms with Crippen LogP contribution in [0.25, 0.3) is 0 Å². The summed E-state index contributed by atoms with van der Waals surface area (Å²) in [7, 11) is 0. The molecule has 24 heavy (non-hydrogen) atoms. The van der Waals surface area contributed by atoms with Crippen molar-refractivity contribution in [3.05, 3.63) is 32.6 Å². The van der Waals surface area contributed by atoms with E-state index in [0.717, 1.165) is 19.4 Å². The zero-order valence-corrected chi connectivity index (χ0v) is 13.9. The van der Waals surface area contributed by atoms with E-state index in [1.54, 1.807) is 11.8 Å². The molecule has 8 heteroatoms. The number of aromatic nitrogens is 2. The van der Waals surface area contributed by atoms with Gasteiger partial charge >= 0.3 is 5.69 Å². The highest BCUT2D eigenvalue weighted by atomic mass is 16.3. The van der Waals surface area contributed by atoms with E-state index in [2.05, 4.69) is 10.3 Å². The molecule has 3 rings (SSSR count). The van der Waals surface area contributed by atoms with Crippen LogP contribution in [0.5, 0.6) is 0 Å². The third-order valence-electron chi connectivity index (χ3n) is 5.23. The van der Waals surface area contributed by atoms with Crippen molar-refractivity contribution < 1.29 is 9.90 Å². The van der Waals surface area contributed by atoms with Crippen LogP contribution in [0.3, 0.4) is 0 Å². The summed E-state index contributed by atoms with van der Waals surface area (Å²) < 4.78 is 1.23. The van der Waals surface area contributed by atoms with Gasteiger partial charge in [0.15, 0.2) is 0 Å². The maximum Gasteiger partial charge on any atom is 0.328 e. The molecule has 2 fully saturated rings. The summed E-state index contributed by atoms with van der Waals surface area (Å²) in [6.45, 7) is 4.12. The van der Waals surface area contributed by atoms with Crippen molar-refractivity contribution in [1.29, 1.82) is 0 Å². The van der Waals surface area contributed by atoms with Gasteiger partial charge in [0.25, 0.3) is 5.56 Å². The Labute approximate surface area is 139 Å². The molecule has 2 aliphatic heterocycles. The molecule has 1 aromatic rings.